The van der Waals surface area contributed by atoms with E-state index in [2.05, 4.69) is 5.32 Å². The number of nitrogens with one attached hydrogen (secondary N) is 1. The van der Waals surface area contributed by atoms with Crippen molar-refractivity contribution < 1.29 is 18.3 Å². The second-order valence-electron chi connectivity index (χ2n) is 3.12. The van der Waals surface area contributed by atoms with Crippen LogP contribution in [0.1, 0.15) is 20.8 Å². The standard InChI is InChI=1S/C10H24NO4P/c1-4-13-9-7-11-8-10-16(12,14-5-2)15-6-3/h11H,4-10H2,1-3H3. The first kappa shape index (κ1) is 16.1. The zero-order valence-corrected chi connectivity index (χ0v) is 11.4. The van der Waals surface area contributed by atoms with Gasteiger partial charge in [0.15, 0.2) is 0 Å². The average molecular weight is 253 g/mol. The third kappa shape index (κ3) is 8.25. The van der Waals surface area contributed by atoms with E-state index in [4.69, 9.17) is 13.8 Å². The Morgan fingerprint density at radius 1 is 1.00 bits per heavy atom. The van der Waals surface area contributed by atoms with Gasteiger partial charge in [0.1, 0.15) is 0 Å². The molecule has 0 atom stereocenters. The van der Waals surface area contributed by atoms with Gasteiger partial charge in [0.2, 0.25) is 0 Å². The lowest BCUT2D eigenvalue weighted by Crippen LogP contribution is -2.23. The van der Waals surface area contributed by atoms with Crippen LogP contribution in [0.2, 0.25) is 0 Å². The van der Waals surface area contributed by atoms with E-state index in [1.165, 1.54) is 0 Å². The summed E-state index contributed by atoms with van der Waals surface area (Å²) in [6.45, 7) is 9.17. The van der Waals surface area contributed by atoms with Crippen LogP contribution in [0.15, 0.2) is 0 Å². The second kappa shape index (κ2) is 10.2. The van der Waals surface area contributed by atoms with Gasteiger partial charge in [-0.1, -0.05) is 0 Å². The van der Waals surface area contributed by atoms with Gasteiger partial charge < -0.3 is 19.1 Å². The molecule has 0 unspecified atom stereocenters. The van der Waals surface area contributed by atoms with Crippen molar-refractivity contribution in [1.82, 2.24) is 5.32 Å². The zero-order chi connectivity index (χ0) is 12.3. The molecule has 0 aromatic rings. The zero-order valence-electron chi connectivity index (χ0n) is 10.5. The summed E-state index contributed by atoms with van der Waals surface area (Å²) in [5, 5.41) is 3.14. The molecule has 0 radical (unpaired) electrons. The maximum absolute atomic E-state index is 12.0. The average Bonchev–Trinajstić information content (AvgIpc) is 2.24. The Bertz CT molecular complexity index is 191. The first-order chi connectivity index (χ1) is 7.68. The normalized spacial score (nSPS) is 11.9. The van der Waals surface area contributed by atoms with Gasteiger partial charge in [-0.15, -0.1) is 0 Å². The van der Waals surface area contributed by atoms with Gasteiger partial charge in [-0.25, -0.2) is 0 Å². The molecule has 0 fully saturated rings. The van der Waals surface area contributed by atoms with Gasteiger partial charge in [-0.2, -0.15) is 0 Å². The molecule has 0 amide bonds. The molecule has 0 aromatic heterocycles. The Morgan fingerprint density at radius 3 is 2.12 bits per heavy atom. The summed E-state index contributed by atoms with van der Waals surface area (Å²) in [7, 11) is -2.88. The second-order valence-corrected chi connectivity index (χ2v) is 5.30. The fraction of sp³-hybridized carbons (Fsp3) is 1.00. The molecule has 0 aliphatic rings. The number of hydrogen-bond donors (Lipinski definition) is 1. The molecule has 0 aliphatic heterocycles. The Hall–Kier alpha value is 0.0700. The van der Waals surface area contributed by atoms with E-state index >= 15 is 0 Å². The molecular weight excluding hydrogens is 229 g/mol. The molecular formula is C10H24NO4P. The highest BCUT2D eigenvalue weighted by atomic mass is 31.2. The van der Waals surface area contributed by atoms with Crippen molar-refractivity contribution >= 4 is 7.60 Å². The van der Waals surface area contributed by atoms with Gasteiger partial charge in [0.25, 0.3) is 0 Å². The van der Waals surface area contributed by atoms with E-state index in [1.54, 1.807) is 0 Å². The predicted octanol–water partition coefficient (Wildman–Crippen LogP) is 1.88. The lowest BCUT2D eigenvalue weighted by molar-refractivity contribution is 0.149. The largest absolute Gasteiger partial charge is 0.380 e. The predicted molar refractivity (Wildman–Crippen MR) is 65.1 cm³/mol. The Balaban J connectivity index is 3.64. The first-order valence-corrected chi connectivity index (χ1v) is 7.57. The fourth-order valence-electron chi connectivity index (χ4n) is 1.19. The van der Waals surface area contributed by atoms with Crippen LogP contribution in [0.5, 0.6) is 0 Å². The molecule has 0 aliphatic carbocycles. The molecule has 0 bridgehead atoms. The van der Waals surface area contributed by atoms with E-state index in [9.17, 15) is 4.57 Å². The van der Waals surface area contributed by atoms with Crippen LogP contribution in [0, 0.1) is 0 Å². The van der Waals surface area contributed by atoms with Crippen molar-refractivity contribution in [2.24, 2.45) is 0 Å². The summed E-state index contributed by atoms with van der Waals surface area (Å²) < 4.78 is 27.5. The Labute approximate surface area is 98.4 Å². The molecule has 0 saturated carbocycles. The third-order valence-electron chi connectivity index (χ3n) is 1.84. The highest BCUT2D eigenvalue weighted by molar-refractivity contribution is 7.53. The number of rotatable bonds is 11. The van der Waals surface area contributed by atoms with E-state index in [1.807, 2.05) is 20.8 Å². The van der Waals surface area contributed by atoms with Crippen LogP contribution >= 0.6 is 7.60 Å². The number of ether oxygens (including phenoxy) is 1. The van der Waals surface area contributed by atoms with Crippen LogP contribution in [0.3, 0.4) is 0 Å². The molecule has 16 heavy (non-hydrogen) atoms. The van der Waals surface area contributed by atoms with Crippen LogP contribution in [-0.2, 0) is 18.3 Å². The smallest absolute Gasteiger partial charge is 0.331 e. The molecule has 0 spiro atoms. The van der Waals surface area contributed by atoms with Crippen molar-refractivity contribution in [3.63, 3.8) is 0 Å². The highest BCUT2D eigenvalue weighted by Crippen LogP contribution is 2.47. The molecule has 0 aromatic carbocycles. The van der Waals surface area contributed by atoms with Crippen molar-refractivity contribution in [2.45, 2.75) is 20.8 Å². The Morgan fingerprint density at radius 2 is 1.62 bits per heavy atom. The van der Waals surface area contributed by atoms with Crippen molar-refractivity contribution in [3.05, 3.63) is 0 Å². The van der Waals surface area contributed by atoms with E-state index in [-0.39, 0.29) is 0 Å². The minimum absolute atomic E-state index is 0.404. The summed E-state index contributed by atoms with van der Waals surface area (Å²) in [6.07, 6.45) is 0.404. The molecule has 0 saturated heterocycles. The quantitative estimate of drug-likeness (QED) is 0.450. The van der Waals surface area contributed by atoms with Crippen LogP contribution in [0.25, 0.3) is 0 Å². The molecule has 0 heterocycles. The molecule has 6 heteroatoms. The third-order valence-corrected chi connectivity index (χ3v) is 3.92. The monoisotopic (exact) mass is 253 g/mol. The van der Waals surface area contributed by atoms with E-state index in [0.717, 1.165) is 13.2 Å². The molecule has 98 valence electrons. The lowest BCUT2D eigenvalue weighted by atomic mass is 10.6. The van der Waals surface area contributed by atoms with Gasteiger partial charge in [0, 0.05) is 19.7 Å². The van der Waals surface area contributed by atoms with Crippen molar-refractivity contribution in [1.29, 1.82) is 0 Å². The van der Waals surface area contributed by atoms with Crippen molar-refractivity contribution in [3.8, 4) is 0 Å². The summed E-state index contributed by atoms with van der Waals surface area (Å²) in [6, 6.07) is 0. The Kier molecular flexibility index (Phi) is 10.3. The van der Waals surface area contributed by atoms with E-state index in [0.29, 0.717) is 32.5 Å². The maximum Gasteiger partial charge on any atom is 0.331 e. The lowest BCUT2D eigenvalue weighted by Gasteiger charge is -2.16. The summed E-state index contributed by atoms with van der Waals surface area (Å²) in [5.74, 6) is 0. The van der Waals surface area contributed by atoms with Gasteiger partial charge in [-0.3, -0.25) is 4.57 Å². The minimum atomic E-state index is -2.88. The SMILES string of the molecule is CCOCCNCCP(=O)(OCC)OCC. The summed E-state index contributed by atoms with van der Waals surface area (Å²) in [4.78, 5) is 0. The van der Waals surface area contributed by atoms with Crippen LogP contribution < -0.4 is 5.32 Å². The van der Waals surface area contributed by atoms with Gasteiger partial charge >= 0.3 is 7.60 Å². The molecule has 0 rings (SSSR count). The van der Waals surface area contributed by atoms with Crippen LogP contribution in [0.4, 0.5) is 0 Å². The van der Waals surface area contributed by atoms with E-state index < -0.39 is 7.60 Å². The maximum atomic E-state index is 12.0. The fourth-order valence-corrected chi connectivity index (χ4v) is 2.74. The summed E-state index contributed by atoms with van der Waals surface area (Å²) in [5.41, 5.74) is 0. The molecule has 5 nitrogen and oxygen atoms in total. The molecule has 1 N–H and O–H groups in total. The van der Waals surface area contributed by atoms with Crippen LogP contribution in [-0.4, -0.2) is 45.7 Å². The minimum Gasteiger partial charge on any atom is -0.380 e. The highest BCUT2D eigenvalue weighted by Gasteiger charge is 2.22. The van der Waals surface area contributed by atoms with Crippen molar-refractivity contribution in [2.75, 3.05) is 45.7 Å². The summed E-state index contributed by atoms with van der Waals surface area (Å²) >= 11 is 0. The van der Waals surface area contributed by atoms with Gasteiger partial charge in [0.05, 0.1) is 26.0 Å². The first-order valence-electron chi connectivity index (χ1n) is 5.85. The van der Waals surface area contributed by atoms with Gasteiger partial charge in [-0.05, 0) is 20.8 Å². The topological polar surface area (TPSA) is 56.8 Å². The number of hydrogen-bond acceptors (Lipinski definition) is 5.